The van der Waals surface area contributed by atoms with Crippen LogP contribution < -0.4 is 0 Å². The van der Waals surface area contributed by atoms with Gasteiger partial charge in [-0.25, -0.2) is 0 Å². The van der Waals surface area contributed by atoms with Crippen molar-refractivity contribution in [3.63, 3.8) is 0 Å². The van der Waals surface area contributed by atoms with Gasteiger partial charge in [0.1, 0.15) is 0 Å². The molecule has 0 saturated heterocycles. The minimum Gasteiger partial charge on any atom is -0.144 e. The van der Waals surface area contributed by atoms with Crippen molar-refractivity contribution in [2.45, 2.75) is 5.33 Å². The van der Waals surface area contributed by atoms with Gasteiger partial charge in [-0.15, -0.1) is 11.3 Å². The Balaban J connectivity index is 2.09. The lowest BCUT2D eigenvalue weighted by atomic mass is 9.98. The lowest BCUT2D eigenvalue weighted by molar-refractivity contribution is 1.44. The monoisotopic (exact) mass is 328 g/mol. The van der Waals surface area contributed by atoms with Gasteiger partial charge in [0, 0.05) is 10.2 Å². The molecule has 0 bridgehead atoms. The fourth-order valence-electron chi connectivity index (χ4n) is 2.15. The van der Waals surface area contributed by atoms with Gasteiger partial charge in [-0.05, 0) is 33.7 Å². The number of alkyl halides is 1. The van der Waals surface area contributed by atoms with Crippen molar-refractivity contribution >= 4 is 27.3 Å². The van der Waals surface area contributed by atoms with Crippen molar-refractivity contribution in [1.82, 2.24) is 0 Å². The molecule has 0 aliphatic carbocycles. The normalized spacial score (nSPS) is 10.6. The molecule has 0 nitrogen and oxygen atoms in total. The fourth-order valence-corrected chi connectivity index (χ4v) is 3.29. The molecule has 0 saturated carbocycles. The average Bonchev–Trinajstić information content (AvgIpc) is 3.01. The summed E-state index contributed by atoms with van der Waals surface area (Å²) in [7, 11) is 0. The predicted molar refractivity (Wildman–Crippen MR) is 87.8 cm³/mol. The molecule has 3 aromatic rings. The SMILES string of the molecule is BrCc1ccc(-c2ccccc2-c2cccs2)cc1. The van der Waals surface area contributed by atoms with Crippen LogP contribution >= 0.6 is 27.3 Å². The molecule has 0 aliphatic rings. The Morgan fingerprint density at radius 3 is 2.16 bits per heavy atom. The van der Waals surface area contributed by atoms with Crippen molar-refractivity contribution in [3.8, 4) is 21.6 Å². The molecule has 2 heteroatoms. The summed E-state index contributed by atoms with van der Waals surface area (Å²) in [5, 5.41) is 3.03. The van der Waals surface area contributed by atoms with Gasteiger partial charge >= 0.3 is 0 Å². The molecule has 0 radical (unpaired) electrons. The Morgan fingerprint density at radius 1 is 0.789 bits per heavy atom. The molecule has 0 unspecified atom stereocenters. The van der Waals surface area contributed by atoms with Gasteiger partial charge in [-0.3, -0.25) is 0 Å². The predicted octanol–water partition coefficient (Wildman–Crippen LogP) is 5.98. The highest BCUT2D eigenvalue weighted by Crippen LogP contribution is 2.34. The molecule has 94 valence electrons. The third-order valence-electron chi connectivity index (χ3n) is 3.13. The smallest absolute Gasteiger partial charge is 0.0348 e. The molecule has 3 rings (SSSR count). The van der Waals surface area contributed by atoms with Gasteiger partial charge in [0.25, 0.3) is 0 Å². The van der Waals surface area contributed by atoms with E-state index in [2.05, 4.69) is 82.0 Å². The molecular weight excluding hydrogens is 316 g/mol. The molecule has 0 atom stereocenters. The maximum Gasteiger partial charge on any atom is 0.0348 e. The van der Waals surface area contributed by atoms with Gasteiger partial charge in [-0.1, -0.05) is 70.5 Å². The van der Waals surface area contributed by atoms with Crippen LogP contribution in [0.5, 0.6) is 0 Å². The summed E-state index contributed by atoms with van der Waals surface area (Å²) in [4.78, 5) is 1.32. The number of halogens is 1. The topological polar surface area (TPSA) is 0 Å². The third kappa shape index (κ3) is 2.65. The van der Waals surface area contributed by atoms with E-state index in [-0.39, 0.29) is 0 Å². The molecule has 2 aromatic carbocycles. The second-order valence-electron chi connectivity index (χ2n) is 4.35. The Labute approximate surface area is 125 Å². The van der Waals surface area contributed by atoms with E-state index in [1.54, 1.807) is 11.3 Å². The zero-order chi connectivity index (χ0) is 13.1. The van der Waals surface area contributed by atoms with E-state index >= 15 is 0 Å². The van der Waals surface area contributed by atoms with Crippen LogP contribution in [0.4, 0.5) is 0 Å². The molecule has 0 fully saturated rings. The zero-order valence-electron chi connectivity index (χ0n) is 10.3. The summed E-state index contributed by atoms with van der Waals surface area (Å²) in [6, 6.07) is 21.6. The molecule has 0 aliphatic heterocycles. The molecular formula is C17H13BrS. The van der Waals surface area contributed by atoms with Crippen LogP contribution in [0, 0.1) is 0 Å². The van der Waals surface area contributed by atoms with E-state index in [4.69, 9.17) is 0 Å². The van der Waals surface area contributed by atoms with Crippen LogP contribution in [-0.2, 0) is 5.33 Å². The number of rotatable bonds is 3. The number of hydrogen-bond donors (Lipinski definition) is 0. The zero-order valence-corrected chi connectivity index (χ0v) is 12.7. The highest BCUT2D eigenvalue weighted by molar-refractivity contribution is 9.08. The van der Waals surface area contributed by atoms with Gasteiger partial charge in [0.05, 0.1) is 0 Å². The summed E-state index contributed by atoms with van der Waals surface area (Å²) in [6.07, 6.45) is 0. The Bertz CT molecular complexity index is 654. The van der Waals surface area contributed by atoms with Gasteiger partial charge < -0.3 is 0 Å². The highest BCUT2D eigenvalue weighted by atomic mass is 79.9. The Kier molecular flexibility index (Phi) is 3.81. The lowest BCUT2D eigenvalue weighted by Gasteiger charge is -2.08. The maximum absolute atomic E-state index is 3.49. The largest absolute Gasteiger partial charge is 0.144 e. The van der Waals surface area contributed by atoms with Crippen molar-refractivity contribution in [2.75, 3.05) is 0 Å². The molecule has 1 heterocycles. The van der Waals surface area contributed by atoms with E-state index in [1.165, 1.54) is 27.1 Å². The fraction of sp³-hybridized carbons (Fsp3) is 0.0588. The van der Waals surface area contributed by atoms with E-state index in [0.717, 1.165) is 5.33 Å². The second-order valence-corrected chi connectivity index (χ2v) is 5.86. The minimum absolute atomic E-state index is 0.903. The number of thiophene rings is 1. The average molecular weight is 329 g/mol. The van der Waals surface area contributed by atoms with Crippen LogP contribution in [0.15, 0.2) is 66.0 Å². The summed E-state index contributed by atoms with van der Waals surface area (Å²) in [5.41, 5.74) is 5.18. The highest BCUT2D eigenvalue weighted by Gasteiger charge is 2.07. The second kappa shape index (κ2) is 5.72. The van der Waals surface area contributed by atoms with E-state index in [9.17, 15) is 0 Å². The van der Waals surface area contributed by atoms with E-state index < -0.39 is 0 Å². The van der Waals surface area contributed by atoms with Crippen LogP contribution in [0.25, 0.3) is 21.6 Å². The molecule has 0 amide bonds. The number of benzene rings is 2. The summed E-state index contributed by atoms with van der Waals surface area (Å²) in [6.45, 7) is 0. The van der Waals surface area contributed by atoms with E-state index in [0.29, 0.717) is 0 Å². The van der Waals surface area contributed by atoms with Crippen LogP contribution in [0.1, 0.15) is 5.56 Å². The van der Waals surface area contributed by atoms with Gasteiger partial charge in [0.2, 0.25) is 0 Å². The Hall–Kier alpha value is -1.38. The minimum atomic E-state index is 0.903. The first-order valence-corrected chi connectivity index (χ1v) is 8.17. The van der Waals surface area contributed by atoms with E-state index in [1.807, 2.05) is 0 Å². The first-order chi connectivity index (χ1) is 9.38. The lowest BCUT2D eigenvalue weighted by Crippen LogP contribution is -1.84. The molecule has 19 heavy (non-hydrogen) atoms. The summed E-state index contributed by atoms with van der Waals surface area (Å²) < 4.78 is 0. The summed E-state index contributed by atoms with van der Waals surface area (Å²) in [5.74, 6) is 0. The van der Waals surface area contributed by atoms with Gasteiger partial charge in [-0.2, -0.15) is 0 Å². The van der Waals surface area contributed by atoms with Crippen molar-refractivity contribution < 1.29 is 0 Å². The van der Waals surface area contributed by atoms with Crippen molar-refractivity contribution in [1.29, 1.82) is 0 Å². The van der Waals surface area contributed by atoms with Crippen LogP contribution in [0.2, 0.25) is 0 Å². The molecule has 0 N–H and O–H groups in total. The third-order valence-corrected chi connectivity index (χ3v) is 4.68. The Morgan fingerprint density at radius 2 is 1.53 bits per heavy atom. The maximum atomic E-state index is 3.49. The molecule has 1 aromatic heterocycles. The van der Waals surface area contributed by atoms with Crippen LogP contribution in [-0.4, -0.2) is 0 Å². The summed E-state index contributed by atoms with van der Waals surface area (Å²) >= 11 is 5.27. The van der Waals surface area contributed by atoms with Crippen molar-refractivity contribution in [2.24, 2.45) is 0 Å². The first kappa shape index (κ1) is 12.6. The van der Waals surface area contributed by atoms with Crippen molar-refractivity contribution in [3.05, 3.63) is 71.6 Å². The van der Waals surface area contributed by atoms with Crippen LogP contribution in [0.3, 0.4) is 0 Å². The molecule has 0 spiro atoms. The van der Waals surface area contributed by atoms with Gasteiger partial charge in [0.15, 0.2) is 0 Å². The first-order valence-electron chi connectivity index (χ1n) is 6.16. The standard InChI is InChI=1S/C17H13BrS/c18-12-13-7-9-14(10-8-13)15-4-1-2-5-16(15)17-6-3-11-19-17/h1-11H,12H2. The number of hydrogen-bond acceptors (Lipinski definition) is 1. The quantitative estimate of drug-likeness (QED) is 0.519.